The highest BCUT2D eigenvalue weighted by molar-refractivity contribution is 6.31. The van der Waals surface area contributed by atoms with Crippen LogP contribution in [0.15, 0.2) is 24.5 Å². The third-order valence-corrected chi connectivity index (χ3v) is 4.77. The summed E-state index contributed by atoms with van der Waals surface area (Å²) in [6.45, 7) is 2.47. The molecule has 6 nitrogen and oxygen atoms in total. The fraction of sp³-hybridized carbons (Fsp3) is 0.353. The van der Waals surface area contributed by atoms with Crippen LogP contribution in [0.2, 0.25) is 5.02 Å². The highest BCUT2D eigenvalue weighted by atomic mass is 35.5. The van der Waals surface area contributed by atoms with Crippen LogP contribution in [0.1, 0.15) is 17.1 Å². The quantitative estimate of drug-likeness (QED) is 0.731. The van der Waals surface area contributed by atoms with E-state index in [2.05, 4.69) is 19.4 Å². The molecule has 0 radical (unpaired) electrons. The van der Waals surface area contributed by atoms with Gasteiger partial charge in [-0.2, -0.15) is 0 Å². The third kappa shape index (κ3) is 2.61. The molecule has 0 saturated heterocycles. The number of methoxy groups -OCH3 is 1. The summed E-state index contributed by atoms with van der Waals surface area (Å²) in [4.78, 5) is 15.7. The van der Waals surface area contributed by atoms with Crippen LogP contribution in [-0.4, -0.2) is 38.1 Å². The molecule has 0 N–H and O–H groups in total. The molecule has 0 atom stereocenters. The maximum atomic E-state index is 6.07. The maximum Gasteiger partial charge on any atom is 0.220 e. The molecule has 4 rings (SSSR count). The second kappa shape index (κ2) is 6.03. The van der Waals surface area contributed by atoms with Crippen LogP contribution in [0.4, 0.5) is 0 Å². The van der Waals surface area contributed by atoms with Crippen molar-refractivity contribution in [2.75, 3.05) is 13.7 Å². The molecule has 0 bridgehead atoms. The van der Waals surface area contributed by atoms with Gasteiger partial charge >= 0.3 is 0 Å². The highest BCUT2D eigenvalue weighted by Gasteiger charge is 2.23. The van der Waals surface area contributed by atoms with E-state index in [9.17, 15) is 0 Å². The van der Waals surface area contributed by atoms with Crippen LogP contribution in [0.5, 0.6) is 5.88 Å². The van der Waals surface area contributed by atoms with Gasteiger partial charge in [-0.05, 0) is 18.2 Å². The average Bonchev–Trinajstić information content (AvgIpc) is 2.89. The Labute approximate surface area is 145 Å². The summed E-state index contributed by atoms with van der Waals surface area (Å²) in [5.74, 6) is 1.69. The smallest absolute Gasteiger partial charge is 0.220 e. The number of benzene rings is 1. The standard InChI is InChI=1S/C17H18ClN5O/c1-22-15-4-3-11(18)7-14(15)21-16(22)9-23-6-5-13-12(8-23)17(24-2)20-10-19-13/h3-4,7,10H,5-6,8-9H2,1-2H3. The van der Waals surface area contributed by atoms with Crippen LogP contribution in [0.25, 0.3) is 11.0 Å². The van der Waals surface area contributed by atoms with Crippen molar-refractivity contribution in [2.45, 2.75) is 19.5 Å². The van der Waals surface area contributed by atoms with Crippen LogP contribution < -0.4 is 4.74 Å². The lowest BCUT2D eigenvalue weighted by Crippen LogP contribution is -2.32. The van der Waals surface area contributed by atoms with Gasteiger partial charge in [0.25, 0.3) is 0 Å². The summed E-state index contributed by atoms with van der Waals surface area (Å²) in [5.41, 5.74) is 4.17. The van der Waals surface area contributed by atoms with Crippen molar-refractivity contribution >= 4 is 22.6 Å². The number of aryl methyl sites for hydroxylation is 1. The zero-order chi connectivity index (χ0) is 16.7. The highest BCUT2D eigenvalue weighted by Crippen LogP contribution is 2.26. The molecule has 3 aromatic rings. The lowest BCUT2D eigenvalue weighted by Gasteiger charge is -2.28. The Morgan fingerprint density at radius 3 is 3.00 bits per heavy atom. The fourth-order valence-corrected chi connectivity index (χ4v) is 3.41. The molecular weight excluding hydrogens is 326 g/mol. The monoisotopic (exact) mass is 343 g/mol. The van der Waals surface area contributed by atoms with Crippen LogP contribution in [0, 0.1) is 0 Å². The summed E-state index contributed by atoms with van der Waals surface area (Å²) >= 11 is 6.07. The van der Waals surface area contributed by atoms with Crippen molar-refractivity contribution in [3.8, 4) is 5.88 Å². The van der Waals surface area contributed by atoms with E-state index in [1.54, 1.807) is 13.4 Å². The Hall–Kier alpha value is -2.18. The number of halogens is 1. The SMILES string of the molecule is COc1ncnc2c1CN(Cc1nc3cc(Cl)ccc3n1C)CC2. The number of rotatable bonds is 3. The number of hydrogen-bond acceptors (Lipinski definition) is 5. The fourth-order valence-electron chi connectivity index (χ4n) is 3.25. The predicted molar refractivity (Wildman–Crippen MR) is 92.1 cm³/mol. The summed E-state index contributed by atoms with van der Waals surface area (Å²) in [5, 5.41) is 0.709. The normalized spacial score (nSPS) is 14.8. The van der Waals surface area contributed by atoms with E-state index < -0.39 is 0 Å². The van der Waals surface area contributed by atoms with E-state index in [0.29, 0.717) is 10.9 Å². The van der Waals surface area contributed by atoms with Crippen molar-refractivity contribution in [1.82, 2.24) is 24.4 Å². The molecule has 0 unspecified atom stereocenters. The molecule has 7 heteroatoms. The molecular formula is C17H18ClN5O. The van der Waals surface area contributed by atoms with Crippen molar-refractivity contribution < 1.29 is 4.74 Å². The van der Waals surface area contributed by atoms with Gasteiger partial charge in [0.1, 0.15) is 12.2 Å². The summed E-state index contributed by atoms with van der Waals surface area (Å²) in [7, 11) is 3.69. The molecule has 0 spiro atoms. The van der Waals surface area contributed by atoms with E-state index in [-0.39, 0.29) is 0 Å². The molecule has 1 aromatic carbocycles. The minimum Gasteiger partial charge on any atom is -0.481 e. The van der Waals surface area contributed by atoms with E-state index in [1.165, 1.54) is 0 Å². The molecule has 3 heterocycles. The van der Waals surface area contributed by atoms with Crippen molar-refractivity contribution in [2.24, 2.45) is 7.05 Å². The first-order valence-corrected chi connectivity index (χ1v) is 8.23. The van der Waals surface area contributed by atoms with Gasteiger partial charge in [0.15, 0.2) is 0 Å². The number of fused-ring (bicyclic) bond motifs is 2. The van der Waals surface area contributed by atoms with E-state index in [0.717, 1.165) is 54.2 Å². The number of imidazole rings is 1. The molecule has 1 aliphatic rings. The molecule has 0 fully saturated rings. The lowest BCUT2D eigenvalue weighted by atomic mass is 10.1. The van der Waals surface area contributed by atoms with Gasteiger partial charge in [-0.1, -0.05) is 11.6 Å². The first-order chi connectivity index (χ1) is 11.7. The molecule has 2 aromatic heterocycles. The molecule has 0 saturated carbocycles. The van der Waals surface area contributed by atoms with Crippen LogP contribution in [0.3, 0.4) is 0 Å². The Balaban J connectivity index is 1.61. The first kappa shape index (κ1) is 15.4. The van der Waals surface area contributed by atoms with Crippen molar-refractivity contribution in [3.63, 3.8) is 0 Å². The maximum absolute atomic E-state index is 6.07. The van der Waals surface area contributed by atoms with Gasteiger partial charge in [-0.3, -0.25) is 4.90 Å². The van der Waals surface area contributed by atoms with Gasteiger partial charge in [0.2, 0.25) is 5.88 Å². The minimum absolute atomic E-state index is 0.668. The number of ether oxygens (including phenoxy) is 1. The third-order valence-electron chi connectivity index (χ3n) is 4.54. The molecule has 0 amide bonds. The Morgan fingerprint density at radius 2 is 2.17 bits per heavy atom. The average molecular weight is 344 g/mol. The van der Waals surface area contributed by atoms with Gasteiger partial charge in [0.05, 0.1) is 30.4 Å². The summed E-state index contributed by atoms with van der Waals surface area (Å²) in [6.07, 6.45) is 2.46. The zero-order valence-corrected chi connectivity index (χ0v) is 14.4. The van der Waals surface area contributed by atoms with Gasteiger partial charge in [0, 0.05) is 37.1 Å². The Morgan fingerprint density at radius 1 is 1.29 bits per heavy atom. The second-order valence-corrected chi connectivity index (χ2v) is 6.43. The largest absolute Gasteiger partial charge is 0.481 e. The van der Waals surface area contributed by atoms with Gasteiger partial charge < -0.3 is 9.30 Å². The minimum atomic E-state index is 0.668. The van der Waals surface area contributed by atoms with Crippen LogP contribution >= 0.6 is 11.6 Å². The second-order valence-electron chi connectivity index (χ2n) is 5.99. The zero-order valence-electron chi connectivity index (χ0n) is 13.7. The molecule has 24 heavy (non-hydrogen) atoms. The van der Waals surface area contributed by atoms with Gasteiger partial charge in [-0.15, -0.1) is 0 Å². The Bertz CT molecular complexity index is 893. The predicted octanol–water partition coefficient (Wildman–Crippen LogP) is 2.58. The number of nitrogens with zero attached hydrogens (tertiary/aromatic N) is 5. The van der Waals surface area contributed by atoms with E-state index >= 15 is 0 Å². The topological polar surface area (TPSA) is 56.1 Å². The van der Waals surface area contributed by atoms with E-state index in [1.807, 2.05) is 25.2 Å². The van der Waals surface area contributed by atoms with Crippen molar-refractivity contribution in [1.29, 1.82) is 0 Å². The van der Waals surface area contributed by atoms with Crippen molar-refractivity contribution in [3.05, 3.63) is 46.6 Å². The Kier molecular flexibility index (Phi) is 3.86. The number of aromatic nitrogens is 4. The van der Waals surface area contributed by atoms with Gasteiger partial charge in [-0.25, -0.2) is 15.0 Å². The first-order valence-electron chi connectivity index (χ1n) is 7.85. The lowest BCUT2D eigenvalue weighted by molar-refractivity contribution is 0.229. The van der Waals surface area contributed by atoms with E-state index in [4.69, 9.17) is 21.3 Å². The number of hydrogen-bond donors (Lipinski definition) is 0. The molecule has 1 aliphatic heterocycles. The summed E-state index contributed by atoms with van der Waals surface area (Å²) in [6, 6.07) is 5.81. The van der Waals surface area contributed by atoms with Crippen LogP contribution in [-0.2, 0) is 26.6 Å². The summed E-state index contributed by atoms with van der Waals surface area (Å²) < 4.78 is 7.51. The molecule has 124 valence electrons. The molecule has 0 aliphatic carbocycles.